The zero-order chi connectivity index (χ0) is 18.1. The highest BCUT2D eigenvalue weighted by Gasteiger charge is 2.12. The van der Waals surface area contributed by atoms with Crippen molar-refractivity contribution in [1.29, 1.82) is 0 Å². The Bertz CT molecular complexity index is 1020. The molecule has 3 rings (SSSR count). The normalized spacial score (nSPS) is 11.0. The van der Waals surface area contributed by atoms with Gasteiger partial charge < -0.3 is 9.88 Å². The van der Waals surface area contributed by atoms with Crippen molar-refractivity contribution < 1.29 is 4.79 Å². The molecule has 3 aromatic rings. The first-order valence-electron chi connectivity index (χ1n) is 8.06. The van der Waals surface area contributed by atoms with E-state index in [-0.39, 0.29) is 17.9 Å². The third-order valence-corrected chi connectivity index (χ3v) is 4.83. The number of rotatable bonds is 4. The van der Waals surface area contributed by atoms with Crippen molar-refractivity contribution in [3.8, 4) is 0 Å². The summed E-state index contributed by atoms with van der Waals surface area (Å²) < 4.78 is 1.68. The van der Waals surface area contributed by atoms with Crippen molar-refractivity contribution in [3.05, 3.63) is 50.3 Å². The second-order valence-electron chi connectivity index (χ2n) is 6.22. The molecule has 0 spiro atoms. The first-order valence-corrected chi connectivity index (χ1v) is 8.88. The van der Waals surface area contributed by atoms with Crippen LogP contribution in [0.25, 0.3) is 10.9 Å². The Kier molecular flexibility index (Phi) is 4.67. The number of aromatic nitrogens is 3. The van der Waals surface area contributed by atoms with Gasteiger partial charge in [-0.05, 0) is 44.9 Å². The summed E-state index contributed by atoms with van der Waals surface area (Å²) in [5.41, 5.74) is 3.96. The van der Waals surface area contributed by atoms with E-state index in [0.717, 1.165) is 32.6 Å². The number of amides is 1. The SMILES string of the molecule is Cc1cc(C)c2c(c1)c(C)cc(=O)n2CCC(=O)Nc1nnc(C)s1. The van der Waals surface area contributed by atoms with Crippen molar-refractivity contribution in [1.82, 2.24) is 14.8 Å². The Morgan fingerprint density at radius 2 is 1.88 bits per heavy atom. The maximum atomic E-state index is 12.5. The summed E-state index contributed by atoms with van der Waals surface area (Å²) in [5.74, 6) is -0.179. The van der Waals surface area contributed by atoms with Crippen LogP contribution in [0, 0.1) is 27.7 Å². The van der Waals surface area contributed by atoms with Crippen molar-refractivity contribution in [2.75, 3.05) is 5.32 Å². The van der Waals surface area contributed by atoms with Gasteiger partial charge in [0.05, 0.1) is 5.52 Å². The molecule has 0 bridgehead atoms. The number of pyridine rings is 1. The fourth-order valence-electron chi connectivity index (χ4n) is 3.03. The Labute approximate surface area is 149 Å². The minimum absolute atomic E-state index is 0.0866. The Balaban J connectivity index is 1.88. The molecule has 1 N–H and O–H groups in total. The number of carbonyl (C=O) groups is 1. The first-order chi connectivity index (χ1) is 11.8. The predicted octanol–water partition coefficient (Wildman–Crippen LogP) is 3.12. The Morgan fingerprint density at radius 3 is 2.56 bits per heavy atom. The van der Waals surface area contributed by atoms with Crippen LogP contribution in [0.1, 0.15) is 28.1 Å². The van der Waals surface area contributed by atoms with Crippen LogP contribution in [0.4, 0.5) is 5.13 Å². The monoisotopic (exact) mass is 356 g/mol. The van der Waals surface area contributed by atoms with Crippen LogP contribution in [0.15, 0.2) is 23.0 Å². The number of benzene rings is 1. The molecule has 25 heavy (non-hydrogen) atoms. The number of aryl methyl sites for hydroxylation is 5. The molecule has 0 unspecified atom stereocenters. The van der Waals surface area contributed by atoms with E-state index in [9.17, 15) is 9.59 Å². The van der Waals surface area contributed by atoms with Crippen LogP contribution in [0.2, 0.25) is 0 Å². The highest BCUT2D eigenvalue weighted by Crippen LogP contribution is 2.22. The lowest BCUT2D eigenvalue weighted by molar-refractivity contribution is -0.116. The van der Waals surface area contributed by atoms with Gasteiger partial charge in [-0.1, -0.05) is 23.0 Å². The minimum atomic E-state index is -0.179. The third kappa shape index (κ3) is 3.61. The molecule has 0 saturated carbocycles. The van der Waals surface area contributed by atoms with Gasteiger partial charge in [0.2, 0.25) is 11.0 Å². The summed E-state index contributed by atoms with van der Waals surface area (Å²) in [6.07, 6.45) is 0.198. The highest BCUT2D eigenvalue weighted by molar-refractivity contribution is 7.15. The van der Waals surface area contributed by atoms with Gasteiger partial charge >= 0.3 is 0 Å². The summed E-state index contributed by atoms with van der Waals surface area (Å²) >= 11 is 1.33. The molecule has 0 atom stereocenters. The number of hydrogen-bond acceptors (Lipinski definition) is 5. The summed E-state index contributed by atoms with van der Waals surface area (Å²) in [5, 5.41) is 12.8. The molecule has 0 aliphatic heterocycles. The second kappa shape index (κ2) is 6.76. The van der Waals surface area contributed by atoms with Gasteiger partial charge in [-0.15, -0.1) is 10.2 Å². The zero-order valence-corrected chi connectivity index (χ0v) is 15.5. The number of carbonyl (C=O) groups excluding carboxylic acids is 1. The molecule has 2 heterocycles. The standard InChI is InChI=1S/C18H20N4O2S/c1-10-7-12(3)17-14(8-10)11(2)9-16(24)22(17)6-5-15(23)19-18-21-20-13(4)25-18/h7-9H,5-6H2,1-4H3,(H,19,21,23). The molecular formula is C18H20N4O2S. The number of fused-ring (bicyclic) bond motifs is 1. The summed E-state index contributed by atoms with van der Waals surface area (Å²) in [6.45, 7) is 8.13. The van der Waals surface area contributed by atoms with Crippen LogP contribution >= 0.6 is 11.3 Å². The smallest absolute Gasteiger partial charge is 0.251 e. The van der Waals surface area contributed by atoms with E-state index < -0.39 is 0 Å². The summed E-state index contributed by atoms with van der Waals surface area (Å²) in [4.78, 5) is 24.6. The van der Waals surface area contributed by atoms with E-state index in [0.29, 0.717) is 11.7 Å². The van der Waals surface area contributed by atoms with Crippen LogP contribution in [-0.4, -0.2) is 20.7 Å². The highest BCUT2D eigenvalue weighted by atomic mass is 32.1. The minimum Gasteiger partial charge on any atom is -0.307 e. The van der Waals surface area contributed by atoms with E-state index >= 15 is 0 Å². The zero-order valence-electron chi connectivity index (χ0n) is 14.7. The van der Waals surface area contributed by atoms with Gasteiger partial charge in [0.1, 0.15) is 5.01 Å². The fourth-order valence-corrected chi connectivity index (χ4v) is 3.64. The summed E-state index contributed by atoms with van der Waals surface area (Å²) in [6, 6.07) is 5.77. The molecule has 0 fully saturated rings. The number of nitrogens with one attached hydrogen (secondary N) is 1. The van der Waals surface area contributed by atoms with E-state index in [1.54, 1.807) is 10.6 Å². The van der Waals surface area contributed by atoms with Gasteiger partial charge in [0, 0.05) is 24.4 Å². The van der Waals surface area contributed by atoms with Gasteiger partial charge in [-0.3, -0.25) is 9.59 Å². The van der Waals surface area contributed by atoms with Crippen LogP contribution in [-0.2, 0) is 11.3 Å². The van der Waals surface area contributed by atoms with E-state index in [2.05, 4.69) is 27.6 Å². The molecule has 0 aliphatic carbocycles. The van der Waals surface area contributed by atoms with Crippen LogP contribution in [0.3, 0.4) is 0 Å². The molecule has 0 saturated heterocycles. The Hall–Kier alpha value is -2.54. The average molecular weight is 356 g/mol. The number of nitrogens with zero attached hydrogens (tertiary/aromatic N) is 3. The Morgan fingerprint density at radius 1 is 1.12 bits per heavy atom. The number of hydrogen-bond donors (Lipinski definition) is 1. The maximum Gasteiger partial charge on any atom is 0.251 e. The van der Waals surface area contributed by atoms with Crippen LogP contribution < -0.4 is 10.9 Å². The quantitative estimate of drug-likeness (QED) is 0.779. The molecule has 7 heteroatoms. The molecule has 1 amide bonds. The topological polar surface area (TPSA) is 76.9 Å². The van der Waals surface area contributed by atoms with Gasteiger partial charge in [0.25, 0.3) is 5.56 Å². The molecule has 6 nitrogen and oxygen atoms in total. The predicted molar refractivity (Wildman–Crippen MR) is 100 cm³/mol. The van der Waals surface area contributed by atoms with Gasteiger partial charge in [-0.25, -0.2) is 0 Å². The van der Waals surface area contributed by atoms with E-state index in [1.807, 2.05) is 27.7 Å². The molecular weight excluding hydrogens is 336 g/mol. The van der Waals surface area contributed by atoms with E-state index in [4.69, 9.17) is 0 Å². The lowest BCUT2D eigenvalue weighted by Gasteiger charge is -2.15. The van der Waals surface area contributed by atoms with E-state index in [1.165, 1.54) is 11.3 Å². The maximum absolute atomic E-state index is 12.5. The second-order valence-corrected chi connectivity index (χ2v) is 7.40. The largest absolute Gasteiger partial charge is 0.307 e. The van der Waals surface area contributed by atoms with Crippen molar-refractivity contribution in [2.24, 2.45) is 0 Å². The lowest BCUT2D eigenvalue weighted by atomic mass is 10.0. The molecule has 0 radical (unpaired) electrons. The fraction of sp³-hybridized carbons (Fsp3) is 0.333. The molecule has 1 aromatic carbocycles. The van der Waals surface area contributed by atoms with Crippen molar-refractivity contribution >= 4 is 33.3 Å². The number of anilines is 1. The third-order valence-electron chi connectivity index (χ3n) is 4.08. The molecule has 130 valence electrons. The van der Waals surface area contributed by atoms with Gasteiger partial charge in [-0.2, -0.15) is 0 Å². The molecule has 2 aromatic heterocycles. The van der Waals surface area contributed by atoms with Crippen molar-refractivity contribution in [3.63, 3.8) is 0 Å². The molecule has 0 aliphatic rings. The summed E-state index contributed by atoms with van der Waals surface area (Å²) in [7, 11) is 0. The first kappa shape index (κ1) is 17.3. The van der Waals surface area contributed by atoms with Crippen LogP contribution in [0.5, 0.6) is 0 Å². The average Bonchev–Trinajstić information content (AvgIpc) is 2.92. The van der Waals surface area contributed by atoms with Gasteiger partial charge in [0.15, 0.2) is 0 Å². The van der Waals surface area contributed by atoms with Crippen molar-refractivity contribution in [2.45, 2.75) is 40.7 Å². The lowest BCUT2D eigenvalue weighted by Crippen LogP contribution is -2.24.